The predicted molar refractivity (Wildman–Crippen MR) is 105 cm³/mol. The van der Waals surface area contributed by atoms with E-state index in [1.807, 2.05) is 36.1 Å². The van der Waals surface area contributed by atoms with Gasteiger partial charge in [-0.2, -0.15) is 0 Å². The normalized spacial score (nSPS) is 16.6. The third-order valence-corrected chi connectivity index (χ3v) is 4.88. The molecule has 0 unspecified atom stereocenters. The number of aromatic nitrogens is 3. The maximum absolute atomic E-state index is 12.7. The van der Waals surface area contributed by atoms with E-state index in [2.05, 4.69) is 15.0 Å². The fourth-order valence-corrected chi connectivity index (χ4v) is 3.48. The van der Waals surface area contributed by atoms with E-state index in [1.54, 1.807) is 36.9 Å². The van der Waals surface area contributed by atoms with Gasteiger partial charge in [0.15, 0.2) is 0 Å². The lowest BCUT2D eigenvalue weighted by Gasteiger charge is -2.32. The Labute approximate surface area is 164 Å². The fraction of sp³-hybridized carbons (Fsp3) is 0.273. The minimum absolute atomic E-state index is 0.0120. The van der Waals surface area contributed by atoms with E-state index in [0.717, 1.165) is 36.4 Å². The topological polar surface area (TPSA) is 68.2 Å². The highest BCUT2D eigenvalue weighted by atomic mass is 16.5. The molecule has 0 saturated carbocycles. The Morgan fingerprint density at radius 1 is 1.14 bits per heavy atom. The largest absolute Gasteiger partial charge is 0.437 e. The molecule has 2 aromatic heterocycles. The number of carbonyl (C=O) groups is 1. The van der Waals surface area contributed by atoms with Crippen molar-refractivity contribution in [2.45, 2.75) is 25.7 Å². The van der Waals surface area contributed by atoms with Crippen molar-refractivity contribution in [1.29, 1.82) is 0 Å². The van der Waals surface area contributed by atoms with E-state index in [9.17, 15) is 4.79 Å². The first-order valence-corrected chi connectivity index (χ1v) is 9.45. The van der Waals surface area contributed by atoms with Crippen molar-refractivity contribution in [2.75, 3.05) is 13.1 Å². The van der Waals surface area contributed by atoms with Crippen LogP contribution in [0.1, 0.15) is 40.4 Å². The third kappa shape index (κ3) is 4.17. The summed E-state index contributed by atoms with van der Waals surface area (Å²) in [4.78, 5) is 27.6. The molecule has 0 bridgehead atoms. The number of hydrogen-bond acceptors (Lipinski definition) is 5. The van der Waals surface area contributed by atoms with Gasteiger partial charge in [0.2, 0.25) is 5.88 Å². The number of pyridine rings is 1. The summed E-state index contributed by atoms with van der Waals surface area (Å²) < 4.78 is 5.87. The Balaban J connectivity index is 1.48. The first-order valence-electron chi connectivity index (χ1n) is 9.45. The maximum atomic E-state index is 12.7. The van der Waals surface area contributed by atoms with E-state index in [0.29, 0.717) is 18.0 Å². The summed E-state index contributed by atoms with van der Waals surface area (Å²) in [6.45, 7) is 3.39. The van der Waals surface area contributed by atoms with Crippen LogP contribution < -0.4 is 4.74 Å². The van der Waals surface area contributed by atoms with Gasteiger partial charge in [-0.3, -0.25) is 14.8 Å². The second-order valence-electron chi connectivity index (χ2n) is 7.03. The number of carbonyl (C=O) groups excluding carboxylic acids is 1. The number of aryl methyl sites for hydroxylation is 1. The summed E-state index contributed by atoms with van der Waals surface area (Å²) in [5.74, 6) is 1.36. The first-order chi connectivity index (χ1) is 13.7. The van der Waals surface area contributed by atoms with Gasteiger partial charge in [-0.05, 0) is 49.6 Å². The van der Waals surface area contributed by atoms with Gasteiger partial charge in [0.1, 0.15) is 5.75 Å². The lowest BCUT2D eigenvalue weighted by molar-refractivity contribution is 0.0705. The number of piperidine rings is 1. The number of benzene rings is 1. The molecule has 28 heavy (non-hydrogen) atoms. The molecule has 1 fully saturated rings. The highest BCUT2D eigenvalue weighted by Gasteiger charge is 2.27. The molecule has 6 nitrogen and oxygen atoms in total. The summed E-state index contributed by atoms with van der Waals surface area (Å²) in [7, 11) is 0. The van der Waals surface area contributed by atoms with Gasteiger partial charge in [-0.25, -0.2) is 4.98 Å². The molecule has 6 heteroatoms. The third-order valence-electron chi connectivity index (χ3n) is 4.88. The van der Waals surface area contributed by atoms with Crippen molar-refractivity contribution in [1.82, 2.24) is 19.9 Å². The molecule has 3 heterocycles. The second-order valence-corrected chi connectivity index (χ2v) is 7.03. The average molecular weight is 374 g/mol. The molecular weight excluding hydrogens is 352 g/mol. The van der Waals surface area contributed by atoms with Crippen LogP contribution >= 0.6 is 0 Å². The van der Waals surface area contributed by atoms with Gasteiger partial charge < -0.3 is 9.64 Å². The van der Waals surface area contributed by atoms with E-state index < -0.39 is 0 Å². The van der Waals surface area contributed by atoms with Crippen LogP contribution in [0.2, 0.25) is 0 Å². The summed E-state index contributed by atoms with van der Waals surface area (Å²) >= 11 is 0. The molecule has 0 radical (unpaired) electrons. The molecule has 0 spiro atoms. The standard InChI is InChI=1S/C22H22N4O2/c1-16-5-2-8-19(11-16)28-21-14-24-13-20(25-21)18-7-4-10-26(15-18)22(27)17-6-3-9-23-12-17/h2-3,5-6,8-9,11-14,18H,4,7,10,15H2,1H3/t18-/m1/s1. The first kappa shape index (κ1) is 18.1. The smallest absolute Gasteiger partial charge is 0.255 e. The maximum Gasteiger partial charge on any atom is 0.255 e. The number of hydrogen-bond donors (Lipinski definition) is 0. The molecule has 0 aliphatic carbocycles. The van der Waals surface area contributed by atoms with E-state index in [1.165, 1.54) is 0 Å². The van der Waals surface area contributed by atoms with Gasteiger partial charge in [0.25, 0.3) is 5.91 Å². The van der Waals surface area contributed by atoms with Crippen molar-refractivity contribution in [2.24, 2.45) is 0 Å². The fourth-order valence-electron chi connectivity index (χ4n) is 3.48. The quantitative estimate of drug-likeness (QED) is 0.691. The van der Waals surface area contributed by atoms with Crippen LogP contribution in [0.15, 0.2) is 61.2 Å². The van der Waals surface area contributed by atoms with Crippen LogP contribution in [0.4, 0.5) is 0 Å². The van der Waals surface area contributed by atoms with Crippen LogP contribution in [0.5, 0.6) is 11.6 Å². The Bertz CT molecular complexity index is 962. The Kier molecular flexibility index (Phi) is 5.28. The van der Waals surface area contributed by atoms with Gasteiger partial charge in [-0.1, -0.05) is 12.1 Å². The number of ether oxygens (including phenoxy) is 1. The molecule has 4 rings (SSSR count). The minimum atomic E-state index is 0.0120. The van der Waals surface area contributed by atoms with Gasteiger partial charge in [0, 0.05) is 37.6 Å². The molecule has 1 aromatic carbocycles. The second kappa shape index (κ2) is 8.17. The Hall–Kier alpha value is -3.28. The molecule has 1 atom stereocenters. The van der Waals surface area contributed by atoms with Gasteiger partial charge in [0.05, 0.1) is 17.5 Å². The molecule has 1 saturated heterocycles. The summed E-state index contributed by atoms with van der Waals surface area (Å²) in [6, 6.07) is 11.4. The van der Waals surface area contributed by atoms with E-state index in [4.69, 9.17) is 4.74 Å². The zero-order valence-corrected chi connectivity index (χ0v) is 15.8. The minimum Gasteiger partial charge on any atom is -0.437 e. The molecule has 1 amide bonds. The average Bonchev–Trinajstić information content (AvgIpc) is 2.74. The number of likely N-dealkylation sites (tertiary alicyclic amines) is 1. The van der Waals surface area contributed by atoms with Crippen molar-refractivity contribution >= 4 is 5.91 Å². The molecule has 142 valence electrons. The summed E-state index contributed by atoms with van der Waals surface area (Å²) in [6.07, 6.45) is 8.58. The number of amides is 1. The van der Waals surface area contributed by atoms with Gasteiger partial charge >= 0.3 is 0 Å². The van der Waals surface area contributed by atoms with Crippen molar-refractivity contribution in [3.63, 3.8) is 0 Å². The molecule has 0 N–H and O–H groups in total. The summed E-state index contributed by atoms with van der Waals surface area (Å²) in [5, 5.41) is 0. The molecule has 1 aliphatic heterocycles. The van der Waals surface area contributed by atoms with E-state index >= 15 is 0 Å². The van der Waals surface area contributed by atoms with Crippen LogP contribution in [-0.4, -0.2) is 38.8 Å². The lowest BCUT2D eigenvalue weighted by atomic mass is 9.94. The SMILES string of the molecule is Cc1cccc(Oc2cncc([C@@H]3CCCN(C(=O)c4cccnc4)C3)n2)c1. The number of rotatable bonds is 4. The van der Waals surface area contributed by atoms with Crippen LogP contribution in [0.25, 0.3) is 0 Å². The molecule has 1 aliphatic rings. The Morgan fingerprint density at radius 3 is 2.89 bits per heavy atom. The Morgan fingerprint density at radius 2 is 2.07 bits per heavy atom. The van der Waals surface area contributed by atoms with Crippen LogP contribution in [-0.2, 0) is 0 Å². The van der Waals surface area contributed by atoms with Crippen LogP contribution in [0.3, 0.4) is 0 Å². The number of nitrogens with zero attached hydrogens (tertiary/aromatic N) is 4. The highest BCUT2D eigenvalue weighted by Crippen LogP contribution is 2.28. The zero-order valence-electron chi connectivity index (χ0n) is 15.8. The summed E-state index contributed by atoms with van der Waals surface area (Å²) in [5.41, 5.74) is 2.60. The van der Waals surface area contributed by atoms with E-state index in [-0.39, 0.29) is 11.8 Å². The van der Waals surface area contributed by atoms with Crippen LogP contribution in [0, 0.1) is 6.92 Å². The predicted octanol–water partition coefficient (Wildman–Crippen LogP) is 3.99. The monoisotopic (exact) mass is 374 g/mol. The molecular formula is C22H22N4O2. The van der Waals surface area contributed by atoms with Crippen molar-refractivity contribution in [3.8, 4) is 11.6 Å². The zero-order chi connectivity index (χ0) is 19.3. The lowest BCUT2D eigenvalue weighted by Crippen LogP contribution is -2.39. The molecule has 3 aromatic rings. The van der Waals surface area contributed by atoms with Crippen molar-refractivity contribution < 1.29 is 9.53 Å². The van der Waals surface area contributed by atoms with Crippen molar-refractivity contribution in [3.05, 3.63) is 78.0 Å². The van der Waals surface area contributed by atoms with Gasteiger partial charge in [-0.15, -0.1) is 0 Å². The highest BCUT2D eigenvalue weighted by molar-refractivity contribution is 5.94.